The van der Waals surface area contributed by atoms with Crippen molar-refractivity contribution in [2.45, 2.75) is 25.8 Å². The zero-order valence-electron chi connectivity index (χ0n) is 9.48. The molecule has 0 radical (unpaired) electrons. The topological polar surface area (TPSA) is 64.1 Å². The molecule has 1 aromatic heterocycles. The fourth-order valence-electron chi connectivity index (χ4n) is 1.90. The zero-order valence-corrected chi connectivity index (χ0v) is 11.1. The Bertz CT molecular complexity index is 393. The number of carbonyl (C=O) groups is 1. The van der Waals surface area contributed by atoms with E-state index in [9.17, 15) is 4.79 Å². The molecule has 1 aromatic rings. The first-order valence-electron chi connectivity index (χ1n) is 5.54. The van der Waals surface area contributed by atoms with Crippen LogP contribution >= 0.6 is 22.9 Å². The third-order valence-corrected chi connectivity index (χ3v) is 3.94. The molecule has 17 heavy (non-hydrogen) atoms. The van der Waals surface area contributed by atoms with E-state index in [-0.39, 0.29) is 16.4 Å². The van der Waals surface area contributed by atoms with Gasteiger partial charge < -0.3 is 10.1 Å². The fourth-order valence-corrected chi connectivity index (χ4v) is 2.63. The molecule has 1 fully saturated rings. The predicted octanol–water partition coefficient (Wildman–Crippen LogP) is 1.74. The van der Waals surface area contributed by atoms with Crippen LogP contribution in [0.1, 0.15) is 29.6 Å². The Morgan fingerprint density at radius 3 is 2.82 bits per heavy atom. The lowest BCUT2D eigenvalue weighted by Crippen LogP contribution is -2.40. The number of nitrogens with one attached hydrogen (secondary N) is 1. The highest BCUT2D eigenvalue weighted by atomic mass is 35.5. The number of hydrogen-bond donors (Lipinski definition) is 1. The molecule has 1 atom stereocenters. The Labute approximate surface area is 109 Å². The molecule has 2 heterocycles. The highest BCUT2D eigenvalue weighted by Crippen LogP contribution is 2.20. The lowest BCUT2D eigenvalue weighted by molar-refractivity contribution is 0.0538. The summed E-state index contributed by atoms with van der Waals surface area (Å²) in [6.45, 7) is 3.56. The van der Waals surface area contributed by atoms with E-state index in [1.54, 1.807) is 0 Å². The molecule has 0 bridgehead atoms. The lowest BCUT2D eigenvalue weighted by Gasteiger charge is -2.27. The maximum absolute atomic E-state index is 11.8. The van der Waals surface area contributed by atoms with Crippen LogP contribution in [0.25, 0.3) is 0 Å². The molecule has 1 amide bonds. The summed E-state index contributed by atoms with van der Waals surface area (Å²) in [5, 5.41) is 10.6. The number of ether oxygens (including phenoxy) is 1. The van der Waals surface area contributed by atoms with Gasteiger partial charge in [0.2, 0.25) is 9.47 Å². The predicted molar refractivity (Wildman–Crippen MR) is 65.4 cm³/mol. The summed E-state index contributed by atoms with van der Waals surface area (Å²) in [7, 11) is 0. The summed E-state index contributed by atoms with van der Waals surface area (Å²) in [5.41, 5.74) is 0. The van der Waals surface area contributed by atoms with Gasteiger partial charge in [-0.25, -0.2) is 0 Å². The number of hydrogen-bond acceptors (Lipinski definition) is 5. The van der Waals surface area contributed by atoms with Crippen molar-refractivity contribution < 1.29 is 9.53 Å². The summed E-state index contributed by atoms with van der Waals surface area (Å²) >= 11 is 6.73. The van der Waals surface area contributed by atoms with Crippen molar-refractivity contribution in [2.24, 2.45) is 5.92 Å². The van der Waals surface area contributed by atoms with Crippen LogP contribution in [0.2, 0.25) is 4.47 Å². The van der Waals surface area contributed by atoms with Crippen molar-refractivity contribution in [3.05, 3.63) is 9.47 Å². The fraction of sp³-hybridized carbons (Fsp3) is 0.700. The maximum Gasteiger partial charge on any atom is 0.282 e. The molecule has 0 spiro atoms. The molecule has 2 rings (SSSR count). The van der Waals surface area contributed by atoms with E-state index in [4.69, 9.17) is 16.3 Å². The number of rotatable bonds is 3. The second-order valence-corrected chi connectivity index (χ2v) is 5.63. The number of nitrogens with zero attached hydrogens (tertiary/aromatic N) is 2. The minimum Gasteiger partial charge on any atom is -0.381 e. The second-order valence-electron chi connectivity index (χ2n) is 4.07. The Morgan fingerprint density at radius 2 is 2.24 bits per heavy atom. The third-order valence-electron chi connectivity index (χ3n) is 2.93. The molecule has 1 saturated heterocycles. The minimum atomic E-state index is -0.201. The van der Waals surface area contributed by atoms with Crippen LogP contribution in [-0.4, -0.2) is 35.4 Å². The molecular formula is C10H14ClN3O2S. The van der Waals surface area contributed by atoms with E-state index in [0.29, 0.717) is 10.9 Å². The van der Waals surface area contributed by atoms with E-state index in [2.05, 4.69) is 15.5 Å². The second kappa shape index (κ2) is 5.75. The molecule has 5 nitrogen and oxygen atoms in total. The van der Waals surface area contributed by atoms with E-state index in [1.807, 2.05) is 6.92 Å². The summed E-state index contributed by atoms with van der Waals surface area (Å²) in [6, 6.07) is 0.120. The van der Waals surface area contributed by atoms with Crippen LogP contribution in [0.3, 0.4) is 0 Å². The molecule has 94 valence electrons. The van der Waals surface area contributed by atoms with Crippen LogP contribution in [0.5, 0.6) is 0 Å². The first-order chi connectivity index (χ1) is 8.16. The van der Waals surface area contributed by atoms with Gasteiger partial charge in [0.1, 0.15) is 0 Å². The van der Waals surface area contributed by atoms with Crippen molar-refractivity contribution in [1.29, 1.82) is 0 Å². The van der Waals surface area contributed by atoms with Crippen molar-refractivity contribution >= 4 is 28.8 Å². The smallest absolute Gasteiger partial charge is 0.282 e. The van der Waals surface area contributed by atoms with Crippen LogP contribution in [0.15, 0.2) is 0 Å². The highest BCUT2D eigenvalue weighted by molar-refractivity contribution is 7.17. The monoisotopic (exact) mass is 275 g/mol. The molecule has 1 aliphatic rings. The van der Waals surface area contributed by atoms with Gasteiger partial charge in [-0.3, -0.25) is 4.79 Å². The summed E-state index contributed by atoms with van der Waals surface area (Å²) < 4.78 is 5.58. The van der Waals surface area contributed by atoms with Gasteiger partial charge in [-0.05, 0) is 37.3 Å². The van der Waals surface area contributed by atoms with Crippen LogP contribution in [-0.2, 0) is 4.74 Å². The van der Waals surface area contributed by atoms with Gasteiger partial charge in [0.05, 0.1) is 0 Å². The average Bonchev–Trinajstić information content (AvgIpc) is 2.77. The zero-order chi connectivity index (χ0) is 12.3. The van der Waals surface area contributed by atoms with E-state index >= 15 is 0 Å². The third kappa shape index (κ3) is 3.37. The average molecular weight is 276 g/mol. The van der Waals surface area contributed by atoms with E-state index in [0.717, 1.165) is 37.4 Å². The van der Waals surface area contributed by atoms with Gasteiger partial charge >= 0.3 is 0 Å². The van der Waals surface area contributed by atoms with Crippen LogP contribution < -0.4 is 5.32 Å². The molecule has 0 aromatic carbocycles. The summed E-state index contributed by atoms with van der Waals surface area (Å²) in [4.78, 5) is 11.8. The summed E-state index contributed by atoms with van der Waals surface area (Å²) in [6.07, 6.45) is 1.97. The molecular weight excluding hydrogens is 262 g/mol. The van der Waals surface area contributed by atoms with Crippen LogP contribution in [0.4, 0.5) is 0 Å². The lowest BCUT2D eigenvalue weighted by atomic mass is 9.93. The van der Waals surface area contributed by atoms with Gasteiger partial charge in [0.25, 0.3) is 5.91 Å². The molecule has 1 N–H and O–H groups in total. The molecule has 1 aliphatic heterocycles. The Kier molecular flexibility index (Phi) is 4.31. The van der Waals surface area contributed by atoms with Gasteiger partial charge in [0, 0.05) is 19.3 Å². The number of aromatic nitrogens is 2. The molecule has 0 saturated carbocycles. The largest absolute Gasteiger partial charge is 0.381 e. The Balaban J connectivity index is 1.89. The molecule has 0 aliphatic carbocycles. The van der Waals surface area contributed by atoms with Gasteiger partial charge in [0.15, 0.2) is 0 Å². The van der Waals surface area contributed by atoms with Gasteiger partial charge in [-0.2, -0.15) is 0 Å². The molecule has 1 unspecified atom stereocenters. The van der Waals surface area contributed by atoms with Crippen molar-refractivity contribution in [3.63, 3.8) is 0 Å². The Morgan fingerprint density at radius 1 is 1.53 bits per heavy atom. The van der Waals surface area contributed by atoms with Crippen molar-refractivity contribution in [3.8, 4) is 0 Å². The van der Waals surface area contributed by atoms with E-state index in [1.165, 1.54) is 0 Å². The van der Waals surface area contributed by atoms with E-state index < -0.39 is 0 Å². The molecule has 7 heteroatoms. The first kappa shape index (κ1) is 12.7. The SMILES string of the molecule is CC(NC(=O)c1nnc(Cl)s1)C1CCOCC1. The Hall–Kier alpha value is -0.720. The quantitative estimate of drug-likeness (QED) is 0.913. The maximum atomic E-state index is 11.8. The first-order valence-corrected chi connectivity index (χ1v) is 6.74. The highest BCUT2D eigenvalue weighted by Gasteiger charge is 2.23. The van der Waals surface area contributed by atoms with Gasteiger partial charge in [-0.15, -0.1) is 10.2 Å². The number of halogens is 1. The van der Waals surface area contributed by atoms with Crippen molar-refractivity contribution in [2.75, 3.05) is 13.2 Å². The van der Waals surface area contributed by atoms with Gasteiger partial charge in [-0.1, -0.05) is 11.3 Å². The standard InChI is InChI=1S/C10H14ClN3O2S/c1-6(7-2-4-16-5-3-7)12-8(15)9-13-14-10(11)17-9/h6-7H,2-5H2,1H3,(H,12,15). The normalized spacial score (nSPS) is 18.9. The van der Waals surface area contributed by atoms with Crippen molar-refractivity contribution in [1.82, 2.24) is 15.5 Å². The number of amides is 1. The van der Waals surface area contributed by atoms with Crippen LogP contribution in [0, 0.1) is 5.92 Å². The minimum absolute atomic E-state index is 0.120. The summed E-state index contributed by atoms with van der Waals surface area (Å²) in [5.74, 6) is 0.268. The number of carbonyl (C=O) groups excluding carboxylic acids is 1.